The summed E-state index contributed by atoms with van der Waals surface area (Å²) >= 11 is 0. The number of fused-ring (bicyclic) bond motifs is 1. The highest BCUT2D eigenvalue weighted by Crippen LogP contribution is 2.44. The first-order valence-electron chi connectivity index (χ1n) is 7.58. The molecular weight excluding hydrogens is 270 g/mol. The van der Waals surface area contributed by atoms with Crippen molar-refractivity contribution in [3.05, 3.63) is 33.4 Å². The Morgan fingerprint density at radius 2 is 2.10 bits per heavy atom. The second-order valence-corrected chi connectivity index (χ2v) is 6.00. The van der Waals surface area contributed by atoms with Crippen molar-refractivity contribution in [2.24, 2.45) is 11.8 Å². The summed E-state index contributed by atoms with van der Waals surface area (Å²) in [6.07, 6.45) is 5.28. The van der Waals surface area contributed by atoms with Crippen molar-refractivity contribution in [1.29, 1.82) is 0 Å². The molecule has 1 aromatic heterocycles. The summed E-state index contributed by atoms with van der Waals surface area (Å²) in [7, 11) is 0. The zero-order valence-electron chi connectivity index (χ0n) is 12.1. The van der Waals surface area contributed by atoms with Crippen LogP contribution in [0.3, 0.4) is 0 Å². The second-order valence-electron chi connectivity index (χ2n) is 6.00. The third kappa shape index (κ3) is 2.91. The van der Waals surface area contributed by atoms with E-state index in [2.05, 4.69) is 12.2 Å². The summed E-state index contributed by atoms with van der Waals surface area (Å²) in [5.41, 5.74) is 0.612. The first kappa shape index (κ1) is 14.0. The van der Waals surface area contributed by atoms with Crippen LogP contribution in [-0.4, -0.2) is 11.8 Å². The number of hydrogen-bond donors (Lipinski definition) is 1. The van der Waals surface area contributed by atoms with Crippen molar-refractivity contribution in [3.8, 4) is 0 Å². The molecule has 5 nitrogen and oxygen atoms in total. The Morgan fingerprint density at radius 3 is 2.81 bits per heavy atom. The molecule has 0 radical (unpaired) electrons. The van der Waals surface area contributed by atoms with Crippen molar-refractivity contribution in [2.75, 3.05) is 0 Å². The molecule has 1 fully saturated rings. The van der Waals surface area contributed by atoms with E-state index in [1.54, 1.807) is 0 Å². The van der Waals surface area contributed by atoms with Gasteiger partial charge in [0, 0.05) is 6.07 Å². The minimum atomic E-state index is -0.482. The van der Waals surface area contributed by atoms with Gasteiger partial charge in [0.25, 0.3) is 5.91 Å². The van der Waals surface area contributed by atoms with Crippen LogP contribution in [-0.2, 0) is 17.6 Å². The number of amides is 2. The van der Waals surface area contributed by atoms with E-state index in [4.69, 9.17) is 4.42 Å². The minimum absolute atomic E-state index is 0.0370. The van der Waals surface area contributed by atoms with Gasteiger partial charge in [-0.25, -0.2) is 4.79 Å². The van der Waals surface area contributed by atoms with Crippen molar-refractivity contribution in [1.82, 2.24) is 5.32 Å². The van der Waals surface area contributed by atoms with E-state index in [1.165, 1.54) is 18.9 Å². The first-order valence-corrected chi connectivity index (χ1v) is 7.58. The van der Waals surface area contributed by atoms with E-state index >= 15 is 0 Å². The summed E-state index contributed by atoms with van der Waals surface area (Å²) in [4.78, 5) is 34.9. The van der Waals surface area contributed by atoms with E-state index in [0.29, 0.717) is 17.5 Å². The molecule has 0 bridgehead atoms. The highest BCUT2D eigenvalue weighted by Gasteiger charge is 2.34. The molecule has 1 N–H and O–H groups in total. The topological polar surface area (TPSA) is 76.4 Å². The molecule has 112 valence electrons. The van der Waals surface area contributed by atoms with Crippen molar-refractivity contribution in [2.45, 2.75) is 45.4 Å². The maximum Gasteiger partial charge on any atom is 0.336 e. The Hall–Kier alpha value is -1.91. The van der Waals surface area contributed by atoms with Gasteiger partial charge >= 0.3 is 5.63 Å². The molecule has 5 heteroatoms. The average molecular weight is 289 g/mol. The Bertz CT molecular complexity index is 646. The monoisotopic (exact) mass is 289 g/mol. The Labute approximate surface area is 122 Å². The van der Waals surface area contributed by atoms with Gasteiger partial charge in [0.2, 0.25) is 5.91 Å². The van der Waals surface area contributed by atoms with Crippen LogP contribution >= 0.6 is 0 Å². The Balaban J connectivity index is 1.74. The number of nitrogens with one attached hydrogen (secondary N) is 1. The van der Waals surface area contributed by atoms with E-state index < -0.39 is 17.4 Å². The zero-order chi connectivity index (χ0) is 15.0. The van der Waals surface area contributed by atoms with Crippen LogP contribution in [0.1, 0.15) is 54.3 Å². The van der Waals surface area contributed by atoms with Gasteiger partial charge < -0.3 is 4.42 Å². The number of imide groups is 1. The highest BCUT2D eigenvalue weighted by atomic mass is 16.4. The first-order chi connectivity index (χ1) is 10.1. The zero-order valence-corrected chi connectivity index (χ0v) is 12.1. The predicted octanol–water partition coefficient (Wildman–Crippen LogP) is 1.82. The summed E-state index contributed by atoms with van der Waals surface area (Å²) in [6.45, 7) is 2.21. The summed E-state index contributed by atoms with van der Waals surface area (Å²) < 4.78 is 5.02. The molecule has 0 spiro atoms. The maximum atomic E-state index is 11.9. The summed E-state index contributed by atoms with van der Waals surface area (Å²) in [6, 6.07) is 1.39. The number of aryl methyl sites for hydroxylation is 1. The van der Waals surface area contributed by atoms with Gasteiger partial charge in [-0.15, -0.1) is 0 Å². The van der Waals surface area contributed by atoms with Gasteiger partial charge in [0.1, 0.15) is 5.76 Å². The molecule has 2 amide bonds. The fraction of sp³-hybridized carbons (Fsp3) is 0.562. The van der Waals surface area contributed by atoms with Crippen LogP contribution in [0.25, 0.3) is 0 Å². The molecule has 1 aromatic rings. The van der Waals surface area contributed by atoms with Crippen LogP contribution in [0.15, 0.2) is 15.3 Å². The summed E-state index contributed by atoms with van der Waals surface area (Å²) in [5, 5.41) is 2.28. The van der Waals surface area contributed by atoms with Crippen molar-refractivity contribution < 1.29 is 14.0 Å². The molecule has 21 heavy (non-hydrogen) atoms. The van der Waals surface area contributed by atoms with Gasteiger partial charge in [-0.2, -0.15) is 0 Å². The van der Waals surface area contributed by atoms with Gasteiger partial charge in [0.15, 0.2) is 0 Å². The molecule has 2 atom stereocenters. The van der Waals surface area contributed by atoms with E-state index in [1.807, 2.05) is 0 Å². The molecule has 3 rings (SSSR count). The molecule has 1 saturated carbocycles. The number of carbonyl (C=O) groups excluding carboxylic acids is 2. The van der Waals surface area contributed by atoms with E-state index in [0.717, 1.165) is 24.7 Å². The van der Waals surface area contributed by atoms with E-state index in [-0.39, 0.29) is 12.2 Å². The highest BCUT2D eigenvalue weighted by molar-refractivity contribution is 6.09. The standard InChI is InChI=1S/C16H19NO4/c1-2-9-6-10(9)4-3-5-11-7-14(19)21-12-8-13(18)17-16(20)15(11)12/h7,9-10H,2-6,8H2,1H3,(H,17,18,20). The lowest BCUT2D eigenvalue weighted by Gasteiger charge is -2.16. The maximum absolute atomic E-state index is 11.9. The van der Waals surface area contributed by atoms with Crippen LogP contribution in [0.4, 0.5) is 0 Å². The third-order valence-electron chi connectivity index (χ3n) is 4.53. The molecular formula is C16H19NO4. The van der Waals surface area contributed by atoms with Crippen molar-refractivity contribution in [3.63, 3.8) is 0 Å². The normalized spacial score (nSPS) is 23.7. The van der Waals surface area contributed by atoms with Gasteiger partial charge in [-0.1, -0.05) is 13.3 Å². The molecule has 1 aliphatic heterocycles. The molecule has 1 aliphatic carbocycles. The van der Waals surface area contributed by atoms with Gasteiger partial charge in [-0.05, 0) is 43.1 Å². The number of rotatable bonds is 5. The quantitative estimate of drug-likeness (QED) is 0.839. The van der Waals surface area contributed by atoms with Gasteiger partial charge in [0.05, 0.1) is 12.0 Å². The average Bonchev–Trinajstić information content (AvgIpc) is 3.15. The molecule has 2 unspecified atom stereocenters. The van der Waals surface area contributed by atoms with Gasteiger partial charge in [-0.3, -0.25) is 14.9 Å². The minimum Gasteiger partial charge on any atom is -0.426 e. The molecule has 2 aliphatic rings. The van der Waals surface area contributed by atoms with Crippen LogP contribution < -0.4 is 10.9 Å². The SMILES string of the molecule is CCC1CC1CCCc1cc(=O)oc2c1C(=O)NC(=O)C2. The van der Waals surface area contributed by atoms with E-state index in [9.17, 15) is 14.4 Å². The lowest BCUT2D eigenvalue weighted by molar-refractivity contribution is -0.120. The summed E-state index contributed by atoms with van der Waals surface area (Å²) in [5.74, 6) is 1.01. The molecule has 0 saturated heterocycles. The lowest BCUT2D eigenvalue weighted by atomic mass is 9.97. The predicted molar refractivity (Wildman–Crippen MR) is 76.0 cm³/mol. The Morgan fingerprint density at radius 1 is 1.29 bits per heavy atom. The second kappa shape index (κ2) is 5.47. The fourth-order valence-corrected chi connectivity index (χ4v) is 3.29. The smallest absolute Gasteiger partial charge is 0.336 e. The molecule has 0 aromatic carbocycles. The fourth-order valence-electron chi connectivity index (χ4n) is 3.29. The third-order valence-corrected chi connectivity index (χ3v) is 4.53. The Kier molecular flexibility index (Phi) is 3.66. The number of hydrogen-bond acceptors (Lipinski definition) is 4. The van der Waals surface area contributed by atoms with Crippen LogP contribution in [0, 0.1) is 11.8 Å². The molecule has 2 heterocycles. The largest absolute Gasteiger partial charge is 0.426 e. The van der Waals surface area contributed by atoms with Crippen molar-refractivity contribution >= 4 is 11.8 Å². The lowest BCUT2D eigenvalue weighted by Crippen LogP contribution is -2.38. The van der Waals surface area contributed by atoms with Crippen LogP contribution in [0.5, 0.6) is 0 Å². The number of carbonyl (C=O) groups is 2. The van der Waals surface area contributed by atoms with Crippen LogP contribution in [0.2, 0.25) is 0 Å².